The van der Waals surface area contributed by atoms with Gasteiger partial charge in [0.15, 0.2) is 0 Å². The Hall–Kier alpha value is -0.700. The lowest BCUT2D eigenvalue weighted by atomic mass is 9.93. The number of ether oxygens (including phenoxy) is 2. The van der Waals surface area contributed by atoms with E-state index in [1.807, 2.05) is 0 Å². The van der Waals surface area contributed by atoms with Crippen molar-refractivity contribution in [2.45, 2.75) is 68.4 Å². The standard InChI is InChI=1S/C23H39ClN2O4S/c1-25(17-19-29-3)16-6-4-5-7-18-30-22-12-10-21(11-13-22)26(2)31(27,28)23-14-8-20(24)9-15-23/h8-9,14-15,21-22H,4-7,10-13,16-19H2,1-3H3. The Bertz CT molecular complexity index is 722. The molecule has 0 aromatic heterocycles. The van der Waals surface area contributed by atoms with Gasteiger partial charge in [-0.3, -0.25) is 0 Å². The molecule has 1 aromatic carbocycles. The van der Waals surface area contributed by atoms with Crippen molar-refractivity contribution in [3.8, 4) is 0 Å². The van der Waals surface area contributed by atoms with E-state index in [1.54, 1.807) is 38.4 Å². The van der Waals surface area contributed by atoms with Gasteiger partial charge in [0.05, 0.1) is 17.6 Å². The highest BCUT2D eigenvalue weighted by Crippen LogP contribution is 2.28. The van der Waals surface area contributed by atoms with E-state index < -0.39 is 10.0 Å². The van der Waals surface area contributed by atoms with Gasteiger partial charge in [-0.05, 0) is 76.4 Å². The van der Waals surface area contributed by atoms with Gasteiger partial charge in [0.25, 0.3) is 0 Å². The van der Waals surface area contributed by atoms with E-state index in [-0.39, 0.29) is 12.1 Å². The lowest BCUT2D eigenvalue weighted by Gasteiger charge is -2.34. The fraction of sp³-hybridized carbons (Fsp3) is 0.739. The highest BCUT2D eigenvalue weighted by molar-refractivity contribution is 7.89. The van der Waals surface area contributed by atoms with Crippen molar-refractivity contribution in [2.75, 3.05) is 47.5 Å². The van der Waals surface area contributed by atoms with E-state index in [9.17, 15) is 8.42 Å². The molecule has 0 atom stereocenters. The Balaban J connectivity index is 1.60. The van der Waals surface area contributed by atoms with E-state index in [4.69, 9.17) is 21.1 Å². The number of hydrogen-bond acceptors (Lipinski definition) is 5. The molecule has 1 aliphatic rings. The fourth-order valence-electron chi connectivity index (χ4n) is 3.99. The van der Waals surface area contributed by atoms with Gasteiger partial charge in [-0.2, -0.15) is 4.31 Å². The minimum Gasteiger partial charge on any atom is -0.383 e. The molecule has 0 aliphatic heterocycles. The molecule has 0 radical (unpaired) electrons. The summed E-state index contributed by atoms with van der Waals surface area (Å²) < 4.78 is 38.4. The van der Waals surface area contributed by atoms with E-state index in [2.05, 4.69) is 11.9 Å². The van der Waals surface area contributed by atoms with Crippen molar-refractivity contribution in [3.63, 3.8) is 0 Å². The Kier molecular flexibility index (Phi) is 11.8. The fourth-order valence-corrected chi connectivity index (χ4v) is 5.53. The van der Waals surface area contributed by atoms with Crippen molar-refractivity contribution in [1.29, 1.82) is 0 Å². The molecule has 8 heteroatoms. The lowest BCUT2D eigenvalue weighted by molar-refractivity contribution is 0.0156. The molecule has 2 rings (SSSR count). The van der Waals surface area contributed by atoms with Crippen LogP contribution in [0, 0.1) is 0 Å². The van der Waals surface area contributed by atoms with Gasteiger partial charge in [-0.15, -0.1) is 0 Å². The minimum atomic E-state index is -3.49. The van der Waals surface area contributed by atoms with Crippen LogP contribution in [0.5, 0.6) is 0 Å². The summed E-state index contributed by atoms with van der Waals surface area (Å²) in [4.78, 5) is 2.60. The monoisotopic (exact) mass is 474 g/mol. The summed E-state index contributed by atoms with van der Waals surface area (Å²) in [7, 11) is 2.07. The van der Waals surface area contributed by atoms with Gasteiger partial charge >= 0.3 is 0 Å². The molecule has 0 saturated heterocycles. The first-order valence-electron chi connectivity index (χ1n) is 11.4. The third kappa shape index (κ3) is 8.98. The SMILES string of the molecule is COCCN(C)CCCCCCOC1CCC(N(C)S(=O)(=O)c2ccc(Cl)cc2)CC1. The van der Waals surface area contributed by atoms with Crippen molar-refractivity contribution in [2.24, 2.45) is 0 Å². The second-order valence-corrected chi connectivity index (χ2v) is 10.9. The van der Waals surface area contributed by atoms with Crippen molar-refractivity contribution < 1.29 is 17.9 Å². The van der Waals surface area contributed by atoms with Crippen molar-refractivity contribution >= 4 is 21.6 Å². The molecule has 31 heavy (non-hydrogen) atoms. The molecule has 1 aliphatic carbocycles. The zero-order valence-corrected chi connectivity index (χ0v) is 20.8. The Labute approximate surface area is 193 Å². The van der Waals surface area contributed by atoms with E-state index in [1.165, 1.54) is 23.6 Å². The Morgan fingerprint density at radius 2 is 1.58 bits per heavy atom. The van der Waals surface area contributed by atoms with Crippen LogP contribution in [0.15, 0.2) is 29.2 Å². The van der Waals surface area contributed by atoms with Crippen molar-refractivity contribution in [3.05, 3.63) is 29.3 Å². The lowest BCUT2D eigenvalue weighted by Crippen LogP contribution is -2.40. The van der Waals surface area contributed by atoms with Gasteiger partial charge in [-0.25, -0.2) is 8.42 Å². The van der Waals surface area contributed by atoms with Gasteiger partial charge in [0, 0.05) is 38.4 Å². The van der Waals surface area contributed by atoms with E-state index >= 15 is 0 Å². The number of rotatable bonds is 14. The summed E-state index contributed by atoms with van der Waals surface area (Å²) >= 11 is 5.88. The topological polar surface area (TPSA) is 59.1 Å². The summed E-state index contributed by atoms with van der Waals surface area (Å²) in [5.41, 5.74) is 0. The van der Waals surface area contributed by atoms with Crippen LogP contribution in [0.1, 0.15) is 51.4 Å². The molecule has 1 aromatic rings. The second kappa shape index (κ2) is 13.8. The number of halogens is 1. The number of sulfonamides is 1. The molecular formula is C23H39ClN2O4S. The molecule has 0 spiro atoms. The summed E-state index contributed by atoms with van der Waals surface area (Å²) in [6.45, 7) is 3.68. The van der Waals surface area contributed by atoms with Crippen LogP contribution in [0.4, 0.5) is 0 Å². The molecule has 0 bridgehead atoms. The number of methoxy groups -OCH3 is 1. The third-order valence-corrected chi connectivity index (χ3v) is 8.29. The van der Waals surface area contributed by atoms with Gasteiger partial charge < -0.3 is 14.4 Å². The predicted octanol–water partition coefficient (Wildman–Crippen LogP) is 4.43. The summed E-state index contributed by atoms with van der Waals surface area (Å²) in [6, 6.07) is 6.40. The van der Waals surface area contributed by atoms with Crippen LogP contribution in [-0.4, -0.2) is 77.3 Å². The van der Waals surface area contributed by atoms with Gasteiger partial charge in [-0.1, -0.05) is 24.4 Å². The maximum absolute atomic E-state index is 12.9. The average molecular weight is 475 g/mol. The normalized spacial score (nSPS) is 19.9. The molecule has 0 unspecified atom stereocenters. The van der Waals surface area contributed by atoms with Crippen LogP contribution in [0.25, 0.3) is 0 Å². The number of hydrogen-bond donors (Lipinski definition) is 0. The summed E-state index contributed by atoms with van der Waals surface area (Å²) in [5, 5.41) is 0.536. The highest BCUT2D eigenvalue weighted by atomic mass is 35.5. The smallest absolute Gasteiger partial charge is 0.243 e. The maximum Gasteiger partial charge on any atom is 0.243 e. The first kappa shape index (κ1) is 26.6. The zero-order chi connectivity index (χ0) is 22.7. The summed E-state index contributed by atoms with van der Waals surface area (Å²) in [6.07, 6.45) is 8.46. The number of nitrogens with zero attached hydrogens (tertiary/aromatic N) is 2. The average Bonchev–Trinajstić information content (AvgIpc) is 2.77. The van der Waals surface area contributed by atoms with Gasteiger partial charge in [0.2, 0.25) is 10.0 Å². The summed E-state index contributed by atoms with van der Waals surface area (Å²) in [5.74, 6) is 0. The maximum atomic E-state index is 12.9. The van der Waals surface area contributed by atoms with E-state index in [0.29, 0.717) is 9.92 Å². The molecule has 1 saturated carbocycles. The predicted molar refractivity (Wildman–Crippen MR) is 126 cm³/mol. The van der Waals surface area contributed by atoms with E-state index in [0.717, 1.165) is 58.4 Å². The molecule has 178 valence electrons. The highest BCUT2D eigenvalue weighted by Gasteiger charge is 2.31. The molecule has 0 heterocycles. The van der Waals surface area contributed by atoms with Crippen LogP contribution in [-0.2, 0) is 19.5 Å². The van der Waals surface area contributed by atoms with Crippen LogP contribution in [0.2, 0.25) is 5.02 Å². The second-order valence-electron chi connectivity index (χ2n) is 8.49. The van der Waals surface area contributed by atoms with Crippen LogP contribution < -0.4 is 0 Å². The van der Waals surface area contributed by atoms with Crippen LogP contribution >= 0.6 is 11.6 Å². The number of benzene rings is 1. The minimum absolute atomic E-state index is 0.0237. The Morgan fingerprint density at radius 1 is 0.935 bits per heavy atom. The number of likely N-dealkylation sites (N-methyl/N-ethyl adjacent to an activating group) is 1. The first-order valence-corrected chi connectivity index (χ1v) is 13.2. The third-order valence-electron chi connectivity index (χ3n) is 6.11. The molecular weight excluding hydrogens is 436 g/mol. The first-order chi connectivity index (χ1) is 14.8. The van der Waals surface area contributed by atoms with Gasteiger partial charge in [0.1, 0.15) is 0 Å². The van der Waals surface area contributed by atoms with Crippen molar-refractivity contribution in [1.82, 2.24) is 9.21 Å². The molecule has 0 amide bonds. The molecule has 1 fully saturated rings. The van der Waals surface area contributed by atoms with Crippen LogP contribution in [0.3, 0.4) is 0 Å². The molecule has 6 nitrogen and oxygen atoms in total. The largest absolute Gasteiger partial charge is 0.383 e. The Morgan fingerprint density at radius 3 is 2.23 bits per heavy atom. The number of unbranched alkanes of at least 4 members (excludes halogenated alkanes) is 3. The zero-order valence-electron chi connectivity index (χ0n) is 19.3. The molecule has 0 N–H and O–H groups in total. The quantitative estimate of drug-likeness (QED) is 0.373.